The van der Waals surface area contributed by atoms with Gasteiger partial charge in [-0.3, -0.25) is 15.4 Å². The molecule has 0 spiro atoms. The van der Waals surface area contributed by atoms with E-state index in [0.717, 1.165) is 28.8 Å². The van der Waals surface area contributed by atoms with E-state index in [4.69, 9.17) is 11.6 Å². The molecule has 2 aromatic carbocycles. The number of unbranched alkanes of at least 4 members (excludes halogenated alkanes) is 1. The molecule has 0 unspecified atom stereocenters. The van der Waals surface area contributed by atoms with E-state index in [1.165, 1.54) is 23.5 Å². The first kappa shape index (κ1) is 20.8. The molecule has 0 aliphatic carbocycles. The summed E-state index contributed by atoms with van der Waals surface area (Å²) in [5, 5.41) is 17.5. The van der Waals surface area contributed by atoms with Crippen molar-refractivity contribution in [2.45, 2.75) is 19.8 Å². The van der Waals surface area contributed by atoms with Crippen molar-refractivity contribution in [3.63, 3.8) is 0 Å². The molecule has 0 aliphatic heterocycles. The van der Waals surface area contributed by atoms with Gasteiger partial charge in [0.15, 0.2) is 5.13 Å². The Labute approximate surface area is 176 Å². The number of rotatable bonds is 7. The fourth-order valence-corrected chi connectivity index (χ4v) is 3.74. The van der Waals surface area contributed by atoms with Crippen LogP contribution in [0.1, 0.15) is 19.8 Å². The second-order valence-electron chi connectivity index (χ2n) is 6.24. The molecule has 1 heterocycles. The third-order valence-electron chi connectivity index (χ3n) is 4.12. The Balaban J connectivity index is 1.94. The predicted molar refractivity (Wildman–Crippen MR) is 117 cm³/mol. The highest BCUT2D eigenvalue weighted by molar-refractivity contribution is 7.19. The highest BCUT2D eigenvalue weighted by Gasteiger charge is 2.17. The van der Waals surface area contributed by atoms with E-state index in [2.05, 4.69) is 22.5 Å². The first-order chi connectivity index (χ1) is 14.0. The second kappa shape index (κ2) is 9.49. The van der Waals surface area contributed by atoms with E-state index in [0.29, 0.717) is 22.4 Å². The molecule has 9 heteroatoms. The van der Waals surface area contributed by atoms with Crippen molar-refractivity contribution in [3.05, 3.63) is 63.7 Å². The summed E-state index contributed by atoms with van der Waals surface area (Å²) in [7, 11) is 0. The summed E-state index contributed by atoms with van der Waals surface area (Å²) in [4.78, 5) is 28.0. The Hall–Kier alpha value is -2.97. The van der Waals surface area contributed by atoms with Crippen LogP contribution in [0.15, 0.2) is 48.5 Å². The summed E-state index contributed by atoms with van der Waals surface area (Å²) >= 11 is 7.30. The number of aromatic nitrogens is 1. The lowest BCUT2D eigenvalue weighted by atomic mass is 10.1. The zero-order valence-corrected chi connectivity index (χ0v) is 17.2. The zero-order valence-electron chi connectivity index (χ0n) is 15.6. The second-order valence-corrected chi connectivity index (χ2v) is 7.68. The third-order valence-corrected chi connectivity index (χ3v) is 5.39. The van der Waals surface area contributed by atoms with Crippen molar-refractivity contribution >= 4 is 39.8 Å². The molecule has 29 heavy (non-hydrogen) atoms. The van der Waals surface area contributed by atoms with Gasteiger partial charge in [-0.05, 0) is 36.2 Å². The molecule has 1 aromatic heterocycles. The number of amides is 2. The number of carbonyl (C=O) groups is 1. The molecule has 3 rings (SSSR count). The average molecular weight is 431 g/mol. The van der Waals surface area contributed by atoms with Crippen LogP contribution in [0.25, 0.3) is 21.7 Å². The number of carbonyl (C=O) groups excluding carboxylic acids is 1. The molecule has 0 fully saturated rings. The Morgan fingerprint density at radius 2 is 1.79 bits per heavy atom. The topological polar surface area (TPSA) is 97.2 Å². The van der Waals surface area contributed by atoms with E-state index in [-0.39, 0.29) is 11.7 Å². The lowest BCUT2D eigenvalue weighted by Gasteiger charge is -2.03. The van der Waals surface area contributed by atoms with Gasteiger partial charge in [0.2, 0.25) is 0 Å². The van der Waals surface area contributed by atoms with Crippen molar-refractivity contribution in [3.8, 4) is 21.7 Å². The van der Waals surface area contributed by atoms with Crippen molar-refractivity contribution in [2.24, 2.45) is 0 Å². The average Bonchev–Trinajstić information content (AvgIpc) is 3.12. The summed E-state index contributed by atoms with van der Waals surface area (Å²) in [6.45, 7) is 2.64. The highest BCUT2D eigenvalue weighted by atomic mass is 35.5. The molecule has 2 amide bonds. The third kappa shape index (κ3) is 5.30. The number of benzene rings is 2. The monoisotopic (exact) mass is 430 g/mol. The number of non-ortho nitro benzene ring substituents is 1. The number of nitrogens with one attached hydrogen (secondary N) is 2. The van der Waals surface area contributed by atoms with Gasteiger partial charge in [0.25, 0.3) is 5.69 Å². The Kier molecular flexibility index (Phi) is 6.79. The summed E-state index contributed by atoms with van der Waals surface area (Å²) in [5.74, 6) is 0. The van der Waals surface area contributed by atoms with E-state index in [9.17, 15) is 14.9 Å². The van der Waals surface area contributed by atoms with Crippen molar-refractivity contribution < 1.29 is 9.72 Å². The van der Waals surface area contributed by atoms with Gasteiger partial charge in [-0.25, -0.2) is 9.78 Å². The predicted octanol–water partition coefficient (Wildman–Crippen LogP) is 5.96. The molecule has 7 nitrogen and oxygen atoms in total. The van der Waals surface area contributed by atoms with Crippen LogP contribution in [0.3, 0.4) is 0 Å². The first-order valence-corrected chi connectivity index (χ1v) is 10.2. The standard InChI is InChI=1S/C20H19ClN4O3S/c1-2-3-12-22-19(26)24-20-23-17(13-4-8-15(21)9-5-13)18(29-20)14-6-10-16(11-7-14)25(27)28/h4-11H,2-3,12H2,1H3,(H2,22,23,24,26). The number of hydrogen-bond donors (Lipinski definition) is 2. The SMILES string of the molecule is CCCCNC(=O)Nc1nc(-c2ccc(Cl)cc2)c(-c2ccc([N+](=O)[O-])cc2)s1. The molecule has 0 saturated heterocycles. The van der Waals surface area contributed by atoms with Gasteiger partial charge < -0.3 is 5.32 Å². The largest absolute Gasteiger partial charge is 0.338 e. The van der Waals surface area contributed by atoms with Crippen LogP contribution < -0.4 is 10.6 Å². The van der Waals surface area contributed by atoms with Crippen molar-refractivity contribution in [1.29, 1.82) is 0 Å². The van der Waals surface area contributed by atoms with Gasteiger partial charge in [0.05, 0.1) is 15.5 Å². The van der Waals surface area contributed by atoms with Crippen LogP contribution in [0.5, 0.6) is 0 Å². The van der Waals surface area contributed by atoms with Crippen LogP contribution in [0, 0.1) is 10.1 Å². The number of halogens is 1. The molecule has 0 atom stereocenters. The fourth-order valence-electron chi connectivity index (χ4n) is 2.63. The number of nitro groups is 1. The molecule has 0 radical (unpaired) electrons. The van der Waals surface area contributed by atoms with Gasteiger partial charge in [0.1, 0.15) is 0 Å². The number of nitro benzene ring substituents is 1. The van der Waals surface area contributed by atoms with Crippen molar-refractivity contribution in [2.75, 3.05) is 11.9 Å². The molecular formula is C20H19ClN4O3S. The fraction of sp³-hybridized carbons (Fsp3) is 0.200. The summed E-state index contributed by atoms with van der Waals surface area (Å²) < 4.78 is 0. The molecular weight excluding hydrogens is 412 g/mol. The number of anilines is 1. The number of thiazole rings is 1. The van der Waals surface area contributed by atoms with E-state index in [1.54, 1.807) is 24.3 Å². The summed E-state index contributed by atoms with van der Waals surface area (Å²) in [6, 6.07) is 13.2. The number of hydrogen-bond acceptors (Lipinski definition) is 5. The highest BCUT2D eigenvalue weighted by Crippen LogP contribution is 2.39. The van der Waals surface area contributed by atoms with Gasteiger partial charge >= 0.3 is 6.03 Å². The Morgan fingerprint density at radius 3 is 2.41 bits per heavy atom. The van der Waals surface area contributed by atoms with Gasteiger partial charge in [-0.15, -0.1) is 0 Å². The quantitative estimate of drug-likeness (QED) is 0.274. The number of urea groups is 1. The summed E-state index contributed by atoms with van der Waals surface area (Å²) in [6.07, 6.45) is 1.89. The van der Waals surface area contributed by atoms with Crippen LogP contribution in [-0.2, 0) is 0 Å². The maximum absolute atomic E-state index is 12.1. The molecule has 0 bridgehead atoms. The van der Waals surface area contributed by atoms with E-state index >= 15 is 0 Å². The van der Waals surface area contributed by atoms with Crippen LogP contribution >= 0.6 is 22.9 Å². The molecule has 3 aromatic rings. The molecule has 2 N–H and O–H groups in total. The van der Waals surface area contributed by atoms with Crippen molar-refractivity contribution in [1.82, 2.24) is 10.3 Å². The van der Waals surface area contributed by atoms with E-state index in [1.807, 2.05) is 12.1 Å². The zero-order chi connectivity index (χ0) is 20.8. The van der Waals surface area contributed by atoms with Gasteiger partial charge in [-0.2, -0.15) is 0 Å². The maximum Gasteiger partial charge on any atom is 0.321 e. The molecule has 0 aliphatic rings. The molecule has 150 valence electrons. The smallest absolute Gasteiger partial charge is 0.321 e. The first-order valence-electron chi connectivity index (χ1n) is 9.04. The minimum Gasteiger partial charge on any atom is -0.338 e. The van der Waals surface area contributed by atoms with Crippen LogP contribution in [0.4, 0.5) is 15.6 Å². The van der Waals surface area contributed by atoms with Gasteiger partial charge in [0, 0.05) is 29.3 Å². The Morgan fingerprint density at radius 1 is 1.14 bits per heavy atom. The van der Waals surface area contributed by atoms with E-state index < -0.39 is 4.92 Å². The minimum atomic E-state index is -0.440. The number of nitrogens with zero attached hydrogens (tertiary/aromatic N) is 2. The maximum atomic E-state index is 12.1. The molecule has 0 saturated carbocycles. The normalized spacial score (nSPS) is 10.6. The minimum absolute atomic E-state index is 0.0139. The summed E-state index contributed by atoms with van der Waals surface area (Å²) in [5.41, 5.74) is 2.29. The Bertz CT molecular complexity index is 1000. The lowest BCUT2D eigenvalue weighted by Crippen LogP contribution is -2.29. The van der Waals surface area contributed by atoms with Crippen LogP contribution in [0.2, 0.25) is 5.02 Å². The van der Waals surface area contributed by atoms with Gasteiger partial charge in [-0.1, -0.05) is 48.4 Å². The lowest BCUT2D eigenvalue weighted by molar-refractivity contribution is -0.384. The van der Waals surface area contributed by atoms with Crippen LogP contribution in [-0.4, -0.2) is 22.5 Å².